The predicted molar refractivity (Wildman–Crippen MR) is 55.0 cm³/mol. The van der Waals surface area contributed by atoms with Gasteiger partial charge in [0.05, 0.1) is 0 Å². The second-order valence-electron chi connectivity index (χ2n) is 3.08. The molecule has 0 spiro atoms. The van der Waals surface area contributed by atoms with Crippen LogP contribution >= 0.6 is 12.4 Å². The molecule has 1 aliphatic rings. The number of nitrogens with two attached hydrogens (primary N) is 1. The maximum absolute atomic E-state index is 11.4. The molecule has 0 radical (unpaired) electrons. The summed E-state index contributed by atoms with van der Waals surface area (Å²) in [6, 6.07) is 0. The Morgan fingerprint density at radius 1 is 1.21 bits per heavy atom. The topological polar surface area (TPSA) is 82.4 Å². The van der Waals surface area contributed by atoms with Crippen molar-refractivity contribution in [2.45, 2.75) is 25.9 Å². The lowest BCUT2D eigenvalue weighted by molar-refractivity contribution is 0.360. The molecule has 0 aromatic carbocycles. The van der Waals surface area contributed by atoms with Gasteiger partial charge >= 0.3 is 0 Å². The fourth-order valence-corrected chi connectivity index (χ4v) is 1.67. The van der Waals surface area contributed by atoms with Crippen molar-refractivity contribution in [1.29, 1.82) is 0 Å². The second kappa shape index (κ2) is 3.83. The molecule has 14 heavy (non-hydrogen) atoms. The van der Waals surface area contributed by atoms with Crippen LogP contribution in [-0.2, 0) is 13.1 Å². The van der Waals surface area contributed by atoms with E-state index in [1.165, 1.54) is 4.68 Å². The molecule has 1 aliphatic heterocycles. The van der Waals surface area contributed by atoms with E-state index < -0.39 is 0 Å². The first-order valence-corrected chi connectivity index (χ1v) is 4.18. The Morgan fingerprint density at radius 3 is 2.29 bits per heavy atom. The molecule has 2 N–H and O–H groups in total. The molecule has 0 saturated carbocycles. The molecular formula is C7H11ClN4O2. The van der Waals surface area contributed by atoms with Gasteiger partial charge < -0.3 is 5.73 Å². The highest BCUT2D eigenvalue weighted by molar-refractivity contribution is 5.85. The summed E-state index contributed by atoms with van der Waals surface area (Å²) in [5, 5.41) is 2.65. The number of halogens is 1. The molecule has 1 aromatic heterocycles. The van der Waals surface area contributed by atoms with Crippen molar-refractivity contribution in [3.63, 3.8) is 0 Å². The fourth-order valence-electron chi connectivity index (χ4n) is 1.67. The van der Waals surface area contributed by atoms with E-state index in [0.29, 0.717) is 13.1 Å². The third-order valence-corrected chi connectivity index (χ3v) is 2.33. The number of nitrogens with zero attached hydrogens (tertiary/aromatic N) is 3. The van der Waals surface area contributed by atoms with Crippen LogP contribution in [0, 0.1) is 4.91 Å². The van der Waals surface area contributed by atoms with Crippen LogP contribution in [0.5, 0.6) is 0 Å². The Balaban J connectivity index is 0.000000980. The minimum Gasteiger partial charge on any atom is -0.382 e. The first kappa shape index (κ1) is 10.8. The summed E-state index contributed by atoms with van der Waals surface area (Å²) in [4.78, 5) is 21.7. The van der Waals surface area contributed by atoms with Crippen molar-refractivity contribution in [3.8, 4) is 0 Å². The number of anilines is 1. The zero-order valence-electron chi connectivity index (χ0n) is 7.47. The predicted octanol–water partition coefficient (Wildman–Crippen LogP) is 0.846. The van der Waals surface area contributed by atoms with E-state index in [1.54, 1.807) is 4.68 Å². The Labute approximate surface area is 86.1 Å². The van der Waals surface area contributed by atoms with Gasteiger partial charge in [0, 0.05) is 13.1 Å². The molecule has 0 aliphatic carbocycles. The zero-order valence-corrected chi connectivity index (χ0v) is 8.29. The molecular weight excluding hydrogens is 208 g/mol. The van der Waals surface area contributed by atoms with Gasteiger partial charge in [-0.05, 0) is 18.0 Å². The minimum atomic E-state index is -0.368. The molecule has 0 amide bonds. The van der Waals surface area contributed by atoms with Gasteiger partial charge in [0.2, 0.25) is 5.69 Å². The molecule has 0 atom stereocenters. The third kappa shape index (κ3) is 1.31. The van der Waals surface area contributed by atoms with E-state index in [2.05, 4.69) is 5.18 Å². The van der Waals surface area contributed by atoms with Gasteiger partial charge in [-0.3, -0.25) is 9.48 Å². The second-order valence-corrected chi connectivity index (χ2v) is 3.08. The van der Waals surface area contributed by atoms with Crippen LogP contribution in [0.25, 0.3) is 0 Å². The van der Waals surface area contributed by atoms with Crippen molar-refractivity contribution in [1.82, 2.24) is 9.36 Å². The number of hydrogen-bond donors (Lipinski definition) is 1. The maximum atomic E-state index is 11.4. The van der Waals surface area contributed by atoms with Crippen LogP contribution in [-0.4, -0.2) is 9.36 Å². The molecule has 0 saturated heterocycles. The summed E-state index contributed by atoms with van der Waals surface area (Å²) in [6.45, 7) is 1.31. The molecule has 1 aromatic rings. The molecule has 78 valence electrons. The van der Waals surface area contributed by atoms with Crippen molar-refractivity contribution in [2.24, 2.45) is 5.18 Å². The minimum absolute atomic E-state index is 0. The number of nitrogen functional groups attached to an aromatic ring is 1. The molecule has 0 fully saturated rings. The third-order valence-electron chi connectivity index (χ3n) is 2.33. The first-order chi connectivity index (χ1) is 6.25. The van der Waals surface area contributed by atoms with E-state index >= 15 is 0 Å². The van der Waals surface area contributed by atoms with Crippen LogP contribution in [0.3, 0.4) is 0 Å². The quantitative estimate of drug-likeness (QED) is 0.710. The van der Waals surface area contributed by atoms with Gasteiger partial charge in [-0.1, -0.05) is 0 Å². The van der Waals surface area contributed by atoms with Crippen LogP contribution in [0.4, 0.5) is 11.5 Å². The maximum Gasteiger partial charge on any atom is 0.298 e. The Kier molecular flexibility index (Phi) is 2.95. The molecule has 7 heteroatoms. The zero-order chi connectivity index (χ0) is 9.42. The Bertz CT molecular complexity index is 409. The van der Waals surface area contributed by atoms with Gasteiger partial charge in [-0.25, -0.2) is 4.68 Å². The van der Waals surface area contributed by atoms with E-state index in [1.807, 2.05) is 0 Å². The van der Waals surface area contributed by atoms with E-state index in [0.717, 1.165) is 12.8 Å². The van der Waals surface area contributed by atoms with Gasteiger partial charge in [-0.2, -0.15) is 0 Å². The highest BCUT2D eigenvalue weighted by atomic mass is 35.5. The van der Waals surface area contributed by atoms with E-state index in [-0.39, 0.29) is 29.5 Å². The lowest BCUT2D eigenvalue weighted by Crippen LogP contribution is -2.27. The highest BCUT2D eigenvalue weighted by Crippen LogP contribution is 2.20. The fraction of sp³-hybridized carbons (Fsp3) is 0.571. The van der Waals surface area contributed by atoms with Gasteiger partial charge in [-0.15, -0.1) is 17.3 Å². The van der Waals surface area contributed by atoms with Crippen LogP contribution in [0.1, 0.15) is 12.8 Å². The number of fused-ring (bicyclic) bond motifs is 1. The summed E-state index contributed by atoms with van der Waals surface area (Å²) in [5.41, 5.74) is 5.06. The molecule has 2 rings (SSSR count). The lowest BCUT2D eigenvalue weighted by atomic mass is 10.3. The van der Waals surface area contributed by atoms with E-state index in [9.17, 15) is 9.70 Å². The summed E-state index contributed by atoms with van der Waals surface area (Å²) < 4.78 is 3.11. The van der Waals surface area contributed by atoms with Crippen molar-refractivity contribution >= 4 is 23.9 Å². The summed E-state index contributed by atoms with van der Waals surface area (Å²) in [7, 11) is 0. The Morgan fingerprint density at radius 2 is 1.79 bits per heavy atom. The average molecular weight is 219 g/mol. The lowest BCUT2D eigenvalue weighted by Gasteiger charge is -2.17. The van der Waals surface area contributed by atoms with E-state index in [4.69, 9.17) is 5.73 Å². The first-order valence-electron chi connectivity index (χ1n) is 4.18. The van der Waals surface area contributed by atoms with Crippen molar-refractivity contribution in [3.05, 3.63) is 15.3 Å². The van der Waals surface area contributed by atoms with Crippen LogP contribution < -0.4 is 11.3 Å². The smallest absolute Gasteiger partial charge is 0.298 e. The number of hydrogen-bond acceptors (Lipinski definition) is 4. The van der Waals surface area contributed by atoms with Gasteiger partial charge in [0.25, 0.3) is 5.56 Å². The van der Waals surface area contributed by atoms with Crippen molar-refractivity contribution in [2.75, 3.05) is 5.73 Å². The van der Waals surface area contributed by atoms with Gasteiger partial charge in [0.15, 0.2) is 5.82 Å². The number of nitroso groups, excluding NO2 is 1. The highest BCUT2D eigenvalue weighted by Gasteiger charge is 2.20. The number of rotatable bonds is 1. The van der Waals surface area contributed by atoms with Crippen LogP contribution in [0.2, 0.25) is 0 Å². The monoisotopic (exact) mass is 218 g/mol. The number of aromatic nitrogens is 2. The summed E-state index contributed by atoms with van der Waals surface area (Å²) in [5.74, 6) is 0.194. The SMILES string of the molecule is Cl.Nc1c(N=O)c(=O)n2n1CCCC2. The van der Waals surface area contributed by atoms with Crippen molar-refractivity contribution < 1.29 is 0 Å². The largest absolute Gasteiger partial charge is 0.382 e. The molecule has 0 unspecified atom stereocenters. The summed E-state index contributed by atoms with van der Waals surface area (Å²) in [6.07, 6.45) is 1.93. The van der Waals surface area contributed by atoms with Crippen LogP contribution in [0.15, 0.2) is 9.97 Å². The van der Waals surface area contributed by atoms with Gasteiger partial charge in [0.1, 0.15) is 0 Å². The molecule has 2 heterocycles. The Hall–Kier alpha value is -1.30. The molecule has 0 bridgehead atoms. The average Bonchev–Trinajstić information content (AvgIpc) is 2.41. The summed E-state index contributed by atoms with van der Waals surface area (Å²) >= 11 is 0. The molecule has 6 nitrogen and oxygen atoms in total. The standard InChI is InChI=1S/C7H10N4O2.ClH/c8-6-5(9-13)7(12)11-4-2-1-3-10(6)11;/h1-4,8H2;1H. The normalized spacial score (nSPS) is 14.3.